The van der Waals surface area contributed by atoms with Crippen LogP contribution in [0.15, 0.2) is 12.3 Å². The van der Waals surface area contributed by atoms with E-state index in [1.165, 1.54) is 0 Å². The molecule has 0 saturated heterocycles. The Morgan fingerprint density at radius 3 is 2.93 bits per heavy atom. The average molecular weight is 211 g/mol. The lowest BCUT2D eigenvalue weighted by molar-refractivity contribution is 0.0730. The summed E-state index contributed by atoms with van der Waals surface area (Å²) in [7, 11) is 0. The standard InChI is InChI=1S/C10H11ClN2O/c1-6(2)13-5-7-4-12-9(11)3-8(7)10(13)14/h3-4,6H,5H2,1-2H3. The largest absolute Gasteiger partial charge is 0.332 e. The van der Waals surface area contributed by atoms with Crippen molar-refractivity contribution < 1.29 is 4.79 Å². The summed E-state index contributed by atoms with van der Waals surface area (Å²) in [5, 5.41) is 0.378. The lowest BCUT2D eigenvalue weighted by atomic mass is 10.2. The van der Waals surface area contributed by atoms with Crippen LogP contribution in [0, 0.1) is 0 Å². The molecule has 14 heavy (non-hydrogen) atoms. The number of carbonyl (C=O) groups is 1. The molecule has 0 radical (unpaired) electrons. The van der Waals surface area contributed by atoms with E-state index in [9.17, 15) is 4.79 Å². The fraction of sp³-hybridized carbons (Fsp3) is 0.400. The molecule has 0 bridgehead atoms. The van der Waals surface area contributed by atoms with Crippen LogP contribution in [-0.4, -0.2) is 21.8 Å². The molecule has 1 aliphatic rings. The molecular weight excluding hydrogens is 200 g/mol. The van der Waals surface area contributed by atoms with Gasteiger partial charge in [0.2, 0.25) is 0 Å². The quantitative estimate of drug-likeness (QED) is 0.666. The van der Waals surface area contributed by atoms with Crippen LogP contribution in [-0.2, 0) is 6.54 Å². The summed E-state index contributed by atoms with van der Waals surface area (Å²) < 4.78 is 0. The molecule has 2 heterocycles. The first-order valence-electron chi connectivity index (χ1n) is 4.55. The second-order valence-electron chi connectivity index (χ2n) is 3.69. The van der Waals surface area contributed by atoms with E-state index in [-0.39, 0.29) is 11.9 Å². The third-order valence-electron chi connectivity index (χ3n) is 2.41. The second kappa shape index (κ2) is 3.24. The number of hydrogen-bond donors (Lipinski definition) is 0. The molecular formula is C10H11ClN2O. The number of halogens is 1. The van der Waals surface area contributed by atoms with Crippen molar-refractivity contribution in [2.24, 2.45) is 0 Å². The van der Waals surface area contributed by atoms with Gasteiger partial charge in [0.25, 0.3) is 5.91 Å². The maximum Gasteiger partial charge on any atom is 0.254 e. The van der Waals surface area contributed by atoms with Gasteiger partial charge in [-0.3, -0.25) is 4.79 Å². The molecule has 74 valence electrons. The third-order valence-corrected chi connectivity index (χ3v) is 2.62. The van der Waals surface area contributed by atoms with Crippen molar-refractivity contribution in [2.45, 2.75) is 26.4 Å². The van der Waals surface area contributed by atoms with Crippen LogP contribution in [0.3, 0.4) is 0 Å². The van der Waals surface area contributed by atoms with Crippen LogP contribution >= 0.6 is 11.6 Å². The fourth-order valence-corrected chi connectivity index (χ4v) is 1.77. The Kier molecular flexibility index (Phi) is 2.19. The molecule has 4 heteroatoms. The van der Waals surface area contributed by atoms with Crippen LogP contribution in [0.5, 0.6) is 0 Å². The monoisotopic (exact) mass is 210 g/mol. The van der Waals surface area contributed by atoms with E-state index in [1.807, 2.05) is 18.7 Å². The van der Waals surface area contributed by atoms with Crippen LogP contribution < -0.4 is 0 Å². The zero-order valence-electron chi connectivity index (χ0n) is 8.12. The van der Waals surface area contributed by atoms with Crippen molar-refractivity contribution in [3.63, 3.8) is 0 Å². The Morgan fingerprint density at radius 1 is 1.57 bits per heavy atom. The van der Waals surface area contributed by atoms with Crippen molar-refractivity contribution in [2.75, 3.05) is 0 Å². The molecule has 0 atom stereocenters. The number of aromatic nitrogens is 1. The fourth-order valence-electron chi connectivity index (χ4n) is 1.61. The van der Waals surface area contributed by atoms with Gasteiger partial charge in [-0.1, -0.05) is 11.6 Å². The van der Waals surface area contributed by atoms with Crippen molar-refractivity contribution in [3.05, 3.63) is 28.5 Å². The molecule has 3 nitrogen and oxygen atoms in total. The average Bonchev–Trinajstić information content (AvgIpc) is 2.44. The Balaban J connectivity index is 2.41. The molecule has 0 spiro atoms. The molecule has 1 amide bonds. The highest BCUT2D eigenvalue weighted by atomic mass is 35.5. The highest BCUT2D eigenvalue weighted by molar-refractivity contribution is 6.29. The molecule has 1 aliphatic heterocycles. The van der Waals surface area contributed by atoms with Gasteiger partial charge in [-0.25, -0.2) is 4.98 Å². The summed E-state index contributed by atoms with van der Waals surface area (Å²) in [6, 6.07) is 1.86. The summed E-state index contributed by atoms with van der Waals surface area (Å²) in [5.41, 5.74) is 1.66. The van der Waals surface area contributed by atoms with Gasteiger partial charge in [0, 0.05) is 29.9 Å². The Bertz CT molecular complexity index is 390. The maximum absolute atomic E-state index is 11.8. The van der Waals surface area contributed by atoms with Gasteiger partial charge in [-0.15, -0.1) is 0 Å². The van der Waals surface area contributed by atoms with E-state index in [1.54, 1.807) is 12.3 Å². The van der Waals surface area contributed by atoms with Gasteiger partial charge in [0.1, 0.15) is 5.15 Å². The molecule has 0 fully saturated rings. The zero-order chi connectivity index (χ0) is 10.3. The van der Waals surface area contributed by atoms with Crippen LogP contribution in [0.25, 0.3) is 0 Å². The summed E-state index contributed by atoms with van der Waals surface area (Å²) in [4.78, 5) is 17.6. The maximum atomic E-state index is 11.8. The van der Waals surface area contributed by atoms with Crippen LogP contribution in [0.4, 0.5) is 0 Å². The minimum atomic E-state index is 0.0549. The van der Waals surface area contributed by atoms with Gasteiger partial charge in [0.15, 0.2) is 0 Å². The van der Waals surface area contributed by atoms with E-state index < -0.39 is 0 Å². The van der Waals surface area contributed by atoms with Gasteiger partial charge < -0.3 is 4.90 Å². The molecule has 0 saturated carbocycles. The van der Waals surface area contributed by atoms with Crippen molar-refractivity contribution in [3.8, 4) is 0 Å². The molecule has 0 aliphatic carbocycles. The van der Waals surface area contributed by atoms with E-state index in [0.717, 1.165) is 5.56 Å². The number of fused-ring (bicyclic) bond motifs is 1. The number of hydrogen-bond acceptors (Lipinski definition) is 2. The topological polar surface area (TPSA) is 33.2 Å². The van der Waals surface area contributed by atoms with E-state index >= 15 is 0 Å². The van der Waals surface area contributed by atoms with Crippen molar-refractivity contribution in [1.29, 1.82) is 0 Å². The summed E-state index contributed by atoms with van der Waals surface area (Å²) in [6.45, 7) is 4.65. The molecule has 1 aromatic heterocycles. The second-order valence-corrected chi connectivity index (χ2v) is 4.08. The predicted molar refractivity (Wildman–Crippen MR) is 54.3 cm³/mol. The van der Waals surface area contributed by atoms with E-state index in [2.05, 4.69) is 4.98 Å². The predicted octanol–water partition coefficient (Wildman–Crippen LogP) is 2.10. The first kappa shape index (κ1) is 9.46. The number of amides is 1. The SMILES string of the molecule is CC(C)N1Cc2cnc(Cl)cc2C1=O. The smallest absolute Gasteiger partial charge is 0.254 e. The highest BCUT2D eigenvalue weighted by Gasteiger charge is 2.29. The first-order chi connectivity index (χ1) is 6.59. The third kappa shape index (κ3) is 1.38. The Hall–Kier alpha value is -1.09. The van der Waals surface area contributed by atoms with Crippen molar-refractivity contribution >= 4 is 17.5 Å². The van der Waals surface area contributed by atoms with Gasteiger partial charge >= 0.3 is 0 Å². The first-order valence-corrected chi connectivity index (χ1v) is 4.93. The van der Waals surface area contributed by atoms with E-state index in [4.69, 9.17) is 11.6 Å². The van der Waals surface area contributed by atoms with Gasteiger partial charge in [-0.05, 0) is 19.9 Å². The molecule has 1 aromatic rings. The lowest BCUT2D eigenvalue weighted by Crippen LogP contribution is -2.30. The van der Waals surface area contributed by atoms with Crippen LogP contribution in [0.2, 0.25) is 5.15 Å². The number of carbonyl (C=O) groups excluding carboxylic acids is 1. The minimum absolute atomic E-state index is 0.0549. The van der Waals surface area contributed by atoms with Gasteiger partial charge in [-0.2, -0.15) is 0 Å². The normalized spacial score (nSPS) is 15.1. The Morgan fingerprint density at radius 2 is 2.29 bits per heavy atom. The van der Waals surface area contributed by atoms with Gasteiger partial charge in [0.05, 0.1) is 0 Å². The Labute approximate surface area is 87.7 Å². The number of rotatable bonds is 1. The van der Waals surface area contributed by atoms with Crippen LogP contribution in [0.1, 0.15) is 29.8 Å². The molecule has 2 rings (SSSR count). The molecule has 0 aromatic carbocycles. The number of pyridine rings is 1. The highest BCUT2D eigenvalue weighted by Crippen LogP contribution is 2.25. The summed E-state index contributed by atoms with van der Waals surface area (Å²) in [6.07, 6.45) is 1.68. The number of nitrogens with zero attached hydrogens (tertiary/aromatic N) is 2. The molecule has 0 N–H and O–H groups in total. The lowest BCUT2D eigenvalue weighted by Gasteiger charge is -2.19. The van der Waals surface area contributed by atoms with E-state index in [0.29, 0.717) is 17.3 Å². The van der Waals surface area contributed by atoms with Crippen molar-refractivity contribution in [1.82, 2.24) is 9.88 Å². The summed E-state index contributed by atoms with van der Waals surface area (Å²) >= 11 is 5.73. The minimum Gasteiger partial charge on any atom is -0.332 e. The summed E-state index contributed by atoms with van der Waals surface area (Å²) in [5.74, 6) is 0.0549. The zero-order valence-corrected chi connectivity index (χ0v) is 8.88. The molecule has 0 unspecified atom stereocenters.